The average molecular weight is 353 g/mol. The van der Waals surface area contributed by atoms with Crippen LogP contribution in [0, 0.1) is 0 Å². The van der Waals surface area contributed by atoms with E-state index in [1.54, 1.807) is 7.11 Å². The molecule has 0 spiro atoms. The van der Waals surface area contributed by atoms with E-state index in [1.165, 1.54) is 31.4 Å². The predicted molar refractivity (Wildman–Crippen MR) is 89.8 cm³/mol. The van der Waals surface area contributed by atoms with E-state index in [-0.39, 0.29) is 0 Å². The van der Waals surface area contributed by atoms with Crippen LogP contribution in [-0.2, 0) is 0 Å². The summed E-state index contributed by atoms with van der Waals surface area (Å²) in [5.41, 5.74) is 1.31. The molecule has 1 aromatic rings. The van der Waals surface area contributed by atoms with E-state index < -0.39 is 0 Å². The third-order valence-corrected chi connectivity index (χ3v) is 5.42. The van der Waals surface area contributed by atoms with Gasteiger partial charge in [0.2, 0.25) is 0 Å². The Hall–Kier alpha value is -0.580. The second-order valence-corrected chi connectivity index (χ2v) is 7.35. The third-order valence-electron chi connectivity index (χ3n) is 4.80. The highest BCUT2D eigenvalue weighted by molar-refractivity contribution is 9.10. The summed E-state index contributed by atoms with van der Waals surface area (Å²) in [6.07, 6.45) is 4.06. The Kier molecular flexibility index (Phi) is 4.57. The van der Waals surface area contributed by atoms with Crippen LogP contribution in [0.25, 0.3) is 0 Å². The highest BCUT2D eigenvalue weighted by Gasteiger charge is 2.38. The van der Waals surface area contributed by atoms with Crippen LogP contribution >= 0.6 is 15.9 Å². The summed E-state index contributed by atoms with van der Waals surface area (Å²) in [7, 11) is 1.70. The van der Waals surface area contributed by atoms with Crippen LogP contribution < -0.4 is 10.1 Å². The van der Waals surface area contributed by atoms with E-state index in [4.69, 9.17) is 4.74 Å². The number of methoxy groups -OCH3 is 1. The number of benzene rings is 1. The Bertz CT molecular complexity index is 504. The number of halogens is 1. The Morgan fingerprint density at radius 3 is 2.76 bits per heavy atom. The smallest absolute Gasteiger partial charge is 0.133 e. The van der Waals surface area contributed by atoms with E-state index in [9.17, 15) is 0 Å². The van der Waals surface area contributed by atoms with Crippen LogP contribution in [0.2, 0.25) is 0 Å². The maximum absolute atomic E-state index is 5.30. The van der Waals surface area contributed by atoms with Crippen molar-refractivity contribution in [2.45, 2.75) is 57.3 Å². The molecule has 1 N–H and O–H groups in total. The number of hydrogen-bond acceptors (Lipinski definition) is 3. The molecule has 1 aromatic carbocycles. The summed E-state index contributed by atoms with van der Waals surface area (Å²) in [5.74, 6) is 0.889. The molecule has 3 atom stereocenters. The van der Waals surface area contributed by atoms with Gasteiger partial charge in [-0.25, -0.2) is 0 Å². The van der Waals surface area contributed by atoms with Crippen LogP contribution in [0.5, 0.6) is 5.75 Å². The normalized spacial score (nSPS) is 27.8. The van der Waals surface area contributed by atoms with Gasteiger partial charge in [-0.3, -0.25) is 4.90 Å². The molecule has 0 aromatic heterocycles. The summed E-state index contributed by atoms with van der Waals surface area (Å²) in [6.45, 7) is 5.82. The minimum absolute atomic E-state index is 0.364. The molecule has 2 fully saturated rings. The molecule has 2 aliphatic rings. The Balaban J connectivity index is 1.61. The van der Waals surface area contributed by atoms with Gasteiger partial charge in [0.1, 0.15) is 5.75 Å². The molecule has 4 heteroatoms. The molecule has 1 aliphatic heterocycles. The number of likely N-dealkylation sites (tertiary alicyclic amines) is 1. The highest BCUT2D eigenvalue weighted by atomic mass is 79.9. The van der Waals surface area contributed by atoms with E-state index >= 15 is 0 Å². The zero-order valence-corrected chi connectivity index (χ0v) is 14.7. The van der Waals surface area contributed by atoms with Crippen molar-refractivity contribution in [3.05, 3.63) is 28.2 Å². The lowest BCUT2D eigenvalue weighted by Gasteiger charge is -2.22. The van der Waals surface area contributed by atoms with Crippen molar-refractivity contribution >= 4 is 15.9 Å². The lowest BCUT2D eigenvalue weighted by molar-refractivity contribution is 0.254. The van der Waals surface area contributed by atoms with E-state index in [2.05, 4.69) is 52.1 Å². The summed E-state index contributed by atoms with van der Waals surface area (Å²) >= 11 is 3.57. The Morgan fingerprint density at radius 2 is 2.14 bits per heavy atom. The van der Waals surface area contributed by atoms with Gasteiger partial charge < -0.3 is 10.1 Å². The number of nitrogens with zero attached hydrogens (tertiary/aromatic N) is 1. The summed E-state index contributed by atoms with van der Waals surface area (Å²) in [5, 5.41) is 3.80. The molecule has 0 amide bonds. The fourth-order valence-corrected chi connectivity index (χ4v) is 4.05. The number of rotatable bonds is 5. The number of nitrogens with one attached hydrogen (secondary N) is 1. The topological polar surface area (TPSA) is 24.5 Å². The SMILES string of the molecule is COc1ccc(C(C)NC2CC(C)N(C3CC3)C2)cc1Br. The third kappa shape index (κ3) is 3.43. The Morgan fingerprint density at radius 1 is 1.38 bits per heavy atom. The van der Waals surface area contributed by atoms with Crippen LogP contribution in [-0.4, -0.2) is 36.7 Å². The molecule has 0 radical (unpaired) electrons. The largest absolute Gasteiger partial charge is 0.496 e. The highest BCUT2D eigenvalue weighted by Crippen LogP contribution is 2.34. The second kappa shape index (κ2) is 6.27. The minimum Gasteiger partial charge on any atom is -0.496 e. The van der Waals surface area contributed by atoms with Gasteiger partial charge in [-0.05, 0) is 66.7 Å². The van der Waals surface area contributed by atoms with Crippen molar-refractivity contribution < 1.29 is 4.74 Å². The molecule has 1 heterocycles. The number of ether oxygens (including phenoxy) is 1. The van der Waals surface area contributed by atoms with Gasteiger partial charge in [0.05, 0.1) is 11.6 Å². The molecular weight excluding hydrogens is 328 g/mol. The zero-order valence-electron chi connectivity index (χ0n) is 13.1. The van der Waals surface area contributed by atoms with Crippen molar-refractivity contribution in [1.82, 2.24) is 10.2 Å². The van der Waals surface area contributed by atoms with Gasteiger partial charge in [-0.15, -0.1) is 0 Å². The molecule has 3 rings (SSSR count). The van der Waals surface area contributed by atoms with Crippen molar-refractivity contribution in [2.24, 2.45) is 0 Å². The van der Waals surface area contributed by atoms with E-state index in [0.717, 1.165) is 22.3 Å². The standard InChI is InChI=1S/C17H25BrN2O/c1-11-8-14(10-20(11)15-5-6-15)19-12(2)13-4-7-17(21-3)16(18)9-13/h4,7,9,11-12,14-15,19H,5-6,8,10H2,1-3H3. The first kappa shape index (κ1) is 15.3. The van der Waals surface area contributed by atoms with E-state index in [1.807, 2.05) is 6.07 Å². The summed E-state index contributed by atoms with van der Waals surface area (Å²) in [4.78, 5) is 2.69. The lowest BCUT2D eigenvalue weighted by Crippen LogP contribution is -2.35. The quantitative estimate of drug-likeness (QED) is 0.873. The van der Waals surface area contributed by atoms with Crippen LogP contribution in [0.3, 0.4) is 0 Å². The molecule has 1 aliphatic carbocycles. The molecule has 21 heavy (non-hydrogen) atoms. The monoisotopic (exact) mass is 352 g/mol. The molecule has 3 nitrogen and oxygen atoms in total. The first-order valence-electron chi connectivity index (χ1n) is 7.93. The van der Waals surface area contributed by atoms with Crippen molar-refractivity contribution in [2.75, 3.05) is 13.7 Å². The van der Waals surface area contributed by atoms with E-state index in [0.29, 0.717) is 12.1 Å². The fraction of sp³-hybridized carbons (Fsp3) is 0.647. The van der Waals surface area contributed by atoms with Gasteiger partial charge in [0.15, 0.2) is 0 Å². The van der Waals surface area contributed by atoms with Crippen LogP contribution in [0.15, 0.2) is 22.7 Å². The summed E-state index contributed by atoms with van der Waals surface area (Å²) in [6, 6.07) is 8.92. The second-order valence-electron chi connectivity index (χ2n) is 6.49. The molecule has 3 unspecified atom stereocenters. The van der Waals surface area contributed by atoms with Gasteiger partial charge in [0, 0.05) is 30.7 Å². The van der Waals surface area contributed by atoms with Crippen LogP contribution in [0.4, 0.5) is 0 Å². The molecule has 1 saturated heterocycles. The maximum atomic E-state index is 5.30. The lowest BCUT2D eigenvalue weighted by atomic mass is 10.1. The van der Waals surface area contributed by atoms with Gasteiger partial charge in [0.25, 0.3) is 0 Å². The zero-order chi connectivity index (χ0) is 15.0. The van der Waals surface area contributed by atoms with Gasteiger partial charge in [-0.2, -0.15) is 0 Å². The van der Waals surface area contributed by atoms with Crippen molar-refractivity contribution in [3.8, 4) is 5.75 Å². The molecule has 116 valence electrons. The molecular formula is C17H25BrN2O. The molecule has 1 saturated carbocycles. The first-order valence-corrected chi connectivity index (χ1v) is 8.73. The van der Waals surface area contributed by atoms with Crippen molar-refractivity contribution in [1.29, 1.82) is 0 Å². The average Bonchev–Trinajstić information content (AvgIpc) is 3.23. The predicted octanol–water partition coefficient (Wildman–Crippen LogP) is 3.73. The fourth-order valence-electron chi connectivity index (χ4n) is 3.49. The first-order chi connectivity index (χ1) is 10.1. The molecule has 0 bridgehead atoms. The van der Waals surface area contributed by atoms with Gasteiger partial charge >= 0.3 is 0 Å². The minimum atomic E-state index is 0.364. The maximum Gasteiger partial charge on any atom is 0.133 e. The summed E-state index contributed by atoms with van der Waals surface area (Å²) < 4.78 is 6.32. The van der Waals surface area contributed by atoms with Crippen molar-refractivity contribution in [3.63, 3.8) is 0 Å². The van der Waals surface area contributed by atoms with Gasteiger partial charge in [-0.1, -0.05) is 6.07 Å². The van der Waals surface area contributed by atoms with Crippen LogP contribution in [0.1, 0.15) is 44.7 Å². The number of hydrogen-bond donors (Lipinski definition) is 1. The Labute approximate surface area is 136 Å².